The first-order valence-electron chi connectivity index (χ1n) is 5.75. The molecule has 0 amide bonds. The number of halogens is 1. The van der Waals surface area contributed by atoms with E-state index in [-0.39, 0.29) is 5.54 Å². The van der Waals surface area contributed by atoms with Crippen LogP contribution in [-0.2, 0) is 6.54 Å². The summed E-state index contributed by atoms with van der Waals surface area (Å²) in [5, 5.41) is 7.24. The van der Waals surface area contributed by atoms with Gasteiger partial charge in [-0.1, -0.05) is 5.16 Å². The van der Waals surface area contributed by atoms with Crippen LogP contribution in [0.4, 0.5) is 4.39 Å². The van der Waals surface area contributed by atoms with Crippen LogP contribution in [0.1, 0.15) is 26.5 Å². The first kappa shape index (κ1) is 12.7. The molecule has 0 radical (unpaired) electrons. The molecular weight excluding hydrogens is 233 g/mol. The molecule has 0 aliphatic heterocycles. The van der Waals surface area contributed by atoms with E-state index >= 15 is 0 Å². The third kappa shape index (κ3) is 3.37. The molecule has 0 saturated heterocycles. The van der Waals surface area contributed by atoms with E-state index in [4.69, 9.17) is 4.52 Å². The molecule has 0 aliphatic carbocycles. The summed E-state index contributed by atoms with van der Waals surface area (Å²) in [5.74, 6) is 0.131. The molecule has 2 heterocycles. The van der Waals surface area contributed by atoms with Gasteiger partial charge in [0.15, 0.2) is 5.76 Å². The molecular formula is C13H16FN3O. The van der Waals surface area contributed by atoms with Gasteiger partial charge in [-0.3, -0.25) is 4.98 Å². The second-order valence-corrected chi connectivity index (χ2v) is 5.18. The van der Waals surface area contributed by atoms with E-state index in [1.165, 1.54) is 6.07 Å². The monoisotopic (exact) mass is 249 g/mol. The first-order valence-corrected chi connectivity index (χ1v) is 5.75. The number of hydrogen-bond acceptors (Lipinski definition) is 4. The highest BCUT2D eigenvalue weighted by molar-refractivity contribution is 5.55. The van der Waals surface area contributed by atoms with Crippen LogP contribution >= 0.6 is 0 Å². The SMILES string of the molecule is CC(C)(C)NCc1cc(-c2cncc(F)c2)on1. The normalized spacial score (nSPS) is 11.8. The van der Waals surface area contributed by atoms with Crippen molar-refractivity contribution in [2.45, 2.75) is 32.9 Å². The molecule has 4 nitrogen and oxygen atoms in total. The molecule has 0 saturated carbocycles. The zero-order chi connectivity index (χ0) is 13.2. The van der Waals surface area contributed by atoms with Gasteiger partial charge in [0.1, 0.15) is 5.82 Å². The van der Waals surface area contributed by atoms with Crippen LogP contribution in [0.25, 0.3) is 11.3 Å². The van der Waals surface area contributed by atoms with Crippen molar-refractivity contribution in [3.05, 3.63) is 36.0 Å². The lowest BCUT2D eigenvalue weighted by Crippen LogP contribution is -2.35. The van der Waals surface area contributed by atoms with Gasteiger partial charge >= 0.3 is 0 Å². The largest absolute Gasteiger partial charge is 0.356 e. The maximum atomic E-state index is 13.0. The standard InChI is InChI=1S/C13H16FN3O/c1-13(2,3)16-8-11-5-12(18-17-11)9-4-10(14)7-15-6-9/h4-7,16H,8H2,1-3H3. The van der Waals surface area contributed by atoms with Crippen LogP contribution in [0.3, 0.4) is 0 Å². The Kier molecular flexibility index (Phi) is 3.43. The molecule has 0 fully saturated rings. The molecule has 0 aromatic carbocycles. The summed E-state index contributed by atoms with van der Waals surface area (Å²) in [6.07, 6.45) is 2.70. The maximum Gasteiger partial charge on any atom is 0.168 e. The Balaban J connectivity index is 2.11. The van der Waals surface area contributed by atoms with Gasteiger partial charge in [-0.25, -0.2) is 4.39 Å². The Labute approximate surface area is 105 Å². The number of nitrogens with one attached hydrogen (secondary N) is 1. The van der Waals surface area contributed by atoms with Crippen molar-refractivity contribution >= 4 is 0 Å². The Morgan fingerprint density at radius 1 is 1.28 bits per heavy atom. The molecule has 2 rings (SSSR count). The van der Waals surface area contributed by atoms with Crippen molar-refractivity contribution in [2.24, 2.45) is 0 Å². The van der Waals surface area contributed by atoms with Gasteiger partial charge in [-0.2, -0.15) is 0 Å². The summed E-state index contributed by atoms with van der Waals surface area (Å²) in [4.78, 5) is 3.78. The van der Waals surface area contributed by atoms with Gasteiger partial charge in [0.25, 0.3) is 0 Å². The Hall–Kier alpha value is -1.75. The van der Waals surface area contributed by atoms with Crippen LogP contribution < -0.4 is 5.32 Å². The molecule has 18 heavy (non-hydrogen) atoms. The number of rotatable bonds is 3. The highest BCUT2D eigenvalue weighted by Gasteiger charge is 2.12. The van der Waals surface area contributed by atoms with Crippen molar-refractivity contribution in [3.8, 4) is 11.3 Å². The second-order valence-electron chi connectivity index (χ2n) is 5.18. The lowest BCUT2D eigenvalue weighted by molar-refractivity contribution is 0.392. The van der Waals surface area contributed by atoms with Crippen LogP contribution in [0.15, 0.2) is 29.0 Å². The highest BCUT2D eigenvalue weighted by atomic mass is 19.1. The average molecular weight is 249 g/mol. The van der Waals surface area contributed by atoms with Crippen molar-refractivity contribution in [1.29, 1.82) is 0 Å². The van der Waals surface area contributed by atoms with Crippen LogP contribution in [0.5, 0.6) is 0 Å². The molecule has 1 N–H and O–H groups in total. The molecule has 2 aromatic rings. The summed E-state index contributed by atoms with van der Waals surface area (Å²) in [5.41, 5.74) is 1.38. The lowest BCUT2D eigenvalue weighted by atomic mass is 10.1. The molecule has 0 spiro atoms. The molecule has 0 unspecified atom stereocenters. The van der Waals surface area contributed by atoms with Gasteiger partial charge in [-0.15, -0.1) is 0 Å². The van der Waals surface area contributed by atoms with E-state index in [2.05, 4.69) is 36.2 Å². The van der Waals surface area contributed by atoms with Crippen LogP contribution in [0.2, 0.25) is 0 Å². The lowest BCUT2D eigenvalue weighted by Gasteiger charge is -2.19. The summed E-state index contributed by atoms with van der Waals surface area (Å²) in [6, 6.07) is 3.16. The predicted molar refractivity (Wildman–Crippen MR) is 66.3 cm³/mol. The first-order chi connectivity index (χ1) is 8.44. The van der Waals surface area contributed by atoms with Crippen molar-refractivity contribution in [3.63, 3.8) is 0 Å². The third-order valence-electron chi connectivity index (χ3n) is 2.35. The summed E-state index contributed by atoms with van der Waals surface area (Å²) >= 11 is 0. The average Bonchev–Trinajstić information content (AvgIpc) is 2.74. The maximum absolute atomic E-state index is 13.0. The fraction of sp³-hybridized carbons (Fsp3) is 0.385. The fourth-order valence-electron chi connectivity index (χ4n) is 1.43. The number of aromatic nitrogens is 2. The topological polar surface area (TPSA) is 51.0 Å². The van der Waals surface area contributed by atoms with E-state index in [0.717, 1.165) is 11.9 Å². The molecule has 0 atom stereocenters. The highest BCUT2D eigenvalue weighted by Crippen LogP contribution is 2.20. The smallest absolute Gasteiger partial charge is 0.168 e. The number of hydrogen-bond donors (Lipinski definition) is 1. The summed E-state index contributed by atoms with van der Waals surface area (Å²) in [7, 11) is 0. The van der Waals surface area contributed by atoms with Gasteiger partial charge in [0.05, 0.1) is 11.9 Å². The van der Waals surface area contributed by atoms with Gasteiger partial charge in [-0.05, 0) is 26.8 Å². The molecule has 5 heteroatoms. The van der Waals surface area contributed by atoms with Gasteiger partial charge < -0.3 is 9.84 Å². The van der Waals surface area contributed by atoms with E-state index in [9.17, 15) is 4.39 Å². The molecule has 96 valence electrons. The Morgan fingerprint density at radius 3 is 2.72 bits per heavy atom. The number of nitrogens with zero attached hydrogens (tertiary/aromatic N) is 2. The quantitative estimate of drug-likeness (QED) is 0.908. The van der Waals surface area contributed by atoms with Crippen LogP contribution in [-0.4, -0.2) is 15.7 Å². The fourth-order valence-corrected chi connectivity index (χ4v) is 1.43. The minimum absolute atomic E-state index is 0.0134. The van der Waals surface area contributed by atoms with E-state index in [1.807, 2.05) is 0 Å². The summed E-state index contributed by atoms with van der Waals surface area (Å²) in [6.45, 7) is 6.83. The van der Waals surface area contributed by atoms with Crippen LogP contribution in [0, 0.1) is 5.82 Å². The summed E-state index contributed by atoms with van der Waals surface area (Å²) < 4.78 is 18.2. The molecule has 0 bridgehead atoms. The zero-order valence-corrected chi connectivity index (χ0v) is 10.7. The Morgan fingerprint density at radius 2 is 2.06 bits per heavy atom. The van der Waals surface area contributed by atoms with Crippen molar-refractivity contribution in [1.82, 2.24) is 15.5 Å². The second kappa shape index (κ2) is 4.86. The molecule has 2 aromatic heterocycles. The van der Waals surface area contributed by atoms with Crippen molar-refractivity contribution < 1.29 is 8.91 Å². The van der Waals surface area contributed by atoms with Crippen molar-refractivity contribution in [2.75, 3.05) is 0 Å². The van der Waals surface area contributed by atoms with E-state index in [1.54, 1.807) is 12.3 Å². The Bertz CT molecular complexity index is 531. The van der Waals surface area contributed by atoms with Gasteiger partial charge in [0, 0.05) is 29.9 Å². The predicted octanol–water partition coefficient (Wildman–Crippen LogP) is 2.76. The number of pyridine rings is 1. The van der Waals surface area contributed by atoms with E-state index < -0.39 is 5.82 Å². The molecule has 0 aliphatic rings. The van der Waals surface area contributed by atoms with Gasteiger partial charge in [0.2, 0.25) is 0 Å². The van der Waals surface area contributed by atoms with E-state index in [0.29, 0.717) is 17.9 Å². The minimum atomic E-state index is -0.390. The third-order valence-corrected chi connectivity index (χ3v) is 2.35. The zero-order valence-electron chi connectivity index (χ0n) is 10.7. The minimum Gasteiger partial charge on any atom is -0.356 e.